The molecule has 89 heavy (non-hydrogen) atoms. The van der Waals surface area contributed by atoms with Crippen LogP contribution in [-0.2, 0) is 26.5 Å². The molecule has 11 aromatic rings. The maximum absolute atomic E-state index is 9.52. The van der Waals surface area contributed by atoms with Crippen LogP contribution in [0.15, 0.2) is 228 Å². The van der Waals surface area contributed by atoms with Gasteiger partial charge in [0, 0.05) is 60.3 Å². The number of carbonyl (C=O) groups excluding carboxylic acids is 1. The average Bonchev–Trinajstić information content (AvgIpc) is 1.90. The van der Waals surface area contributed by atoms with Crippen molar-refractivity contribution < 1.29 is 34.4 Å². The minimum atomic E-state index is 0. The monoisotopic (exact) mass is 1370 g/mol. The van der Waals surface area contributed by atoms with E-state index >= 15 is 0 Å². The number of hydrogen-bond acceptors (Lipinski definition) is 5. The molecule has 0 bridgehead atoms. The summed E-state index contributed by atoms with van der Waals surface area (Å²) in [4.78, 5) is 13.9. The van der Waals surface area contributed by atoms with Gasteiger partial charge in [-0.2, -0.15) is 0 Å². The third kappa shape index (κ3) is 20.1. The number of para-hydroxylation sites is 2. The zero-order chi connectivity index (χ0) is 58.1. The molecule has 0 saturated carbocycles. The second-order valence-electron chi connectivity index (χ2n) is 21.3. The molecule has 0 aliphatic rings. The Bertz CT molecular complexity index is 3750. The number of pyridine rings is 1. The molecule has 3 unspecified atom stereocenters. The fraction of sp³-hybridized carbons (Fsp3) is 0.284. The molecule has 0 aliphatic heterocycles. The van der Waals surface area contributed by atoms with E-state index < -0.39 is 0 Å². The average molecular weight is 1370 g/mol. The van der Waals surface area contributed by atoms with Gasteiger partial charge in [-0.3, -0.25) is 4.79 Å². The largest absolute Gasteiger partial charge is 0.512 e. The van der Waals surface area contributed by atoms with Crippen molar-refractivity contribution in [2.75, 3.05) is 0 Å². The maximum Gasteiger partial charge on any atom is 0.320 e. The number of aliphatic hydroxyl groups is 1. The van der Waals surface area contributed by atoms with E-state index in [1.165, 1.54) is 72.9 Å². The number of rotatable bonds is 14. The van der Waals surface area contributed by atoms with Gasteiger partial charge in [0.05, 0.1) is 23.5 Å². The Morgan fingerprint density at radius 1 is 0.517 bits per heavy atom. The minimum absolute atomic E-state index is 0. The maximum atomic E-state index is 9.52. The second-order valence-corrected chi connectivity index (χ2v) is 21.3. The van der Waals surface area contributed by atoms with E-state index in [-0.39, 0.29) is 76.2 Å². The van der Waals surface area contributed by atoms with E-state index in [1.807, 2.05) is 66.9 Å². The van der Waals surface area contributed by atoms with E-state index in [0.29, 0.717) is 41.5 Å². The number of fused-ring (bicyclic) bond motifs is 3. The quantitative estimate of drug-likeness (QED) is 0.0506. The van der Waals surface area contributed by atoms with Crippen molar-refractivity contribution in [2.24, 2.45) is 0 Å². The molecule has 0 aliphatic carbocycles. The summed E-state index contributed by atoms with van der Waals surface area (Å²) in [7, 11) is 0. The number of aryl methyl sites for hydroxylation is 2. The van der Waals surface area contributed by atoms with Crippen LogP contribution in [-0.4, -0.2) is 35.4 Å². The van der Waals surface area contributed by atoms with Gasteiger partial charge < -0.3 is 19.1 Å². The number of hydrogen-bond donors (Lipinski definition) is 1. The fourth-order valence-corrected chi connectivity index (χ4v) is 10.1. The van der Waals surface area contributed by atoms with Gasteiger partial charge in [0.1, 0.15) is 5.76 Å². The number of aliphatic hydroxyl groups excluding tert-OH is 1. The third-order valence-electron chi connectivity index (χ3n) is 15.6. The van der Waals surface area contributed by atoms with Crippen LogP contribution in [0, 0.1) is 19.9 Å². The molecular formula is C81H102IrN4O3. The van der Waals surface area contributed by atoms with Crippen LogP contribution in [0.3, 0.4) is 0 Å². The predicted octanol–water partition coefficient (Wildman–Crippen LogP) is 24.0. The Balaban J connectivity index is 0.000000581. The fourth-order valence-electron chi connectivity index (χ4n) is 10.1. The van der Waals surface area contributed by atoms with Crippen molar-refractivity contribution in [2.45, 2.75) is 157 Å². The predicted molar refractivity (Wildman–Crippen MR) is 384 cm³/mol. The van der Waals surface area contributed by atoms with Gasteiger partial charge in [-0.25, -0.2) is 0 Å². The first-order valence-corrected chi connectivity index (χ1v) is 28.9. The van der Waals surface area contributed by atoms with Crippen LogP contribution in [0.4, 0.5) is 0 Å². The SMILES string of the molecule is C.C.C.C.C.C.CCC(C)c1ccc(-c2nnc(-c3ccccc3)o2)cc1.CCC(C)c1ccc(-n2c3ccccc3c3ccccc32)cc1.CCC(C)c1ccc(CC(C(C)=[OH+])=C(C)O)cc1.Cc1cccc(C)c1-c1c[c-]c(-c2ccccn2)cc1.[Ir]. The normalized spacial score (nSPS) is 11.4. The molecule has 8 aromatic carbocycles. The summed E-state index contributed by atoms with van der Waals surface area (Å²) in [6.07, 6.45) is 5.81. The van der Waals surface area contributed by atoms with Crippen molar-refractivity contribution in [1.29, 1.82) is 0 Å². The number of benzene rings is 8. The molecule has 473 valence electrons. The number of ketones is 1. The van der Waals surface area contributed by atoms with Crippen molar-refractivity contribution in [3.63, 3.8) is 0 Å². The molecule has 11 rings (SSSR count). The van der Waals surface area contributed by atoms with E-state index in [4.69, 9.17) is 4.42 Å². The van der Waals surface area contributed by atoms with Crippen molar-refractivity contribution >= 4 is 27.6 Å². The summed E-state index contributed by atoms with van der Waals surface area (Å²) in [5, 5.41) is 20.4. The standard InChI is InChI=1S/C22H21N.C19H16N.C18H18N2O.C16H22O2.6CH4.Ir/c1-3-16(2)17-12-14-18(15-13-17)23-21-10-6-4-8-19(21)20-9-5-7-11-22(20)23;1-14-6-5-7-15(2)19(14)17-11-9-16(10-12-17)18-8-3-4-13-20-18;1-3-13(2)14-9-11-16(12-10-14)18-20-19-17(21-18)15-7-5-4-6-8-15;1-5-11(2)15-8-6-14(7-9-15)10-16(12(3)17)13(4)18;;;;;;;/h4-16H,3H2,1-2H3;3-9,11-13H,1-2H3;4-13H,3H2,1-2H3;6-9,11,17H,5,10H2,1-4H3;6*1H4;/q;-1;;;;;;;;;/p+1. The van der Waals surface area contributed by atoms with Crippen LogP contribution < -0.4 is 0 Å². The minimum Gasteiger partial charge on any atom is -0.512 e. The molecule has 8 heteroatoms. The van der Waals surface area contributed by atoms with E-state index in [9.17, 15) is 9.90 Å². The molecule has 0 spiro atoms. The van der Waals surface area contributed by atoms with Crippen LogP contribution in [0.25, 0.3) is 72.8 Å². The molecule has 0 fully saturated rings. The van der Waals surface area contributed by atoms with Crippen LogP contribution in [0.5, 0.6) is 0 Å². The van der Waals surface area contributed by atoms with E-state index in [0.717, 1.165) is 40.8 Å². The first-order chi connectivity index (χ1) is 39.8. The molecule has 0 amide bonds. The summed E-state index contributed by atoms with van der Waals surface area (Å²) in [6, 6.07) is 74.8. The Morgan fingerprint density at radius 2 is 0.955 bits per heavy atom. The Morgan fingerprint density at radius 3 is 1.39 bits per heavy atom. The van der Waals surface area contributed by atoms with Crippen LogP contribution >= 0.6 is 0 Å². The van der Waals surface area contributed by atoms with Crippen LogP contribution in [0.1, 0.15) is 170 Å². The molecule has 0 saturated heterocycles. The van der Waals surface area contributed by atoms with Gasteiger partial charge in [0.2, 0.25) is 11.8 Å². The molecule has 3 aromatic heterocycles. The number of allylic oxidation sites excluding steroid dienone is 2. The first kappa shape index (κ1) is 78.7. The topological polar surface area (TPSA) is 98.4 Å². The van der Waals surface area contributed by atoms with Crippen molar-refractivity contribution in [1.82, 2.24) is 19.7 Å². The molecular weight excluding hydrogens is 1270 g/mol. The van der Waals surface area contributed by atoms with Crippen molar-refractivity contribution in [3.8, 4) is 51.0 Å². The molecule has 1 radical (unpaired) electrons. The summed E-state index contributed by atoms with van der Waals surface area (Å²) < 4.78 is 8.13. The number of aromatic nitrogens is 4. The molecule has 3 atom stereocenters. The first-order valence-electron chi connectivity index (χ1n) is 28.9. The van der Waals surface area contributed by atoms with Gasteiger partial charge in [-0.15, -0.1) is 40.0 Å². The van der Waals surface area contributed by atoms with Gasteiger partial charge in [0.15, 0.2) is 0 Å². The summed E-state index contributed by atoms with van der Waals surface area (Å²) >= 11 is 0. The zero-order valence-electron chi connectivity index (χ0n) is 49.7. The third-order valence-corrected chi connectivity index (χ3v) is 15.6. The molecule has 3 heterocycles. The summed E-state index contributed by atoms with van der Waals surface area (Å²) in [5.41, 5.74) is 18.5. The number of nitrogens with zero attached hydrogens (tertiary/aromatic N) is 4. The van der Waals surface area contributed by atoms with Crippen molar-refractivity contribution in [3.05, 3.63) is 263 Å². The molecule has 7 nitrogen and oxygen atoms in total. The summed E-state index contributed by atoms with van der Waals surface area (Å²) in [6.45, 7) is 20.8. The van der Waals surface area contributed by atoms with Gasteiger partial charge >= 0.3 is 5.78 Å². The van der Waals surface area contributed by atoms with Gasteiger partial charge in [-0.1, -0.05) is 242 Å². The second kappa shape index (κ2) is 38.2. The zero-order valence-corrected chi connectivity index (χ0v) is 52.1. The van der Waals surface area contributed by atoms with Crippen LogP contribution in [0.2, 0.25) is 0 Å². The Hall–Kier alpha value is -8.29. The molecule has 2 N–H and O–H groups in total. The smallest absolute Gasteiger partial charge is 0.320 e. The summed E-state index contributed by atoms with van der Waals surface area (Å²) in [5.74, 6) is 3.23. The van der Waals surface area contributed by atoms with E-state index in [2.05, 4.69) is 227 Å². The van der Waals surface area contributed by atoms with Gasteiger partial charge in [-0.05, 0) is 140 Å². The Labute approximate surface area is 549 Å². The van der Waals surface area contributed by atoms with E-state index in [1.54, 1.807) is 13.8 Å². The van der Waals surface area contributed by atoms with Gasteiger partial charge in [0.25, 0.3) is 0 Å². The Kier molecular flexibility index (Phi) is 33.8.